The van der Waals surface area contributed by atoms with Crippen molar-refractivity contribution in [1.82, 2.24) is 19.8 Å². The van der Waals surface area contributed by atoms with Crippen molar-refractivity contribution in [1.29, 1.82) is 0 Å². The Hall–Kier alpha value is -3.73. The van der Waals surface area contributed by atoms with Gasteiger partial charge in [-0.2, -0.15) is 13.2 Å². The van der Waals surface area contributed by atoms with Gasteiger partial charge in [0.15, 0.2) is 0 Å². The second-order valence-corrected chi connectivity index (χ2v) is 9.51. The van der Waals surface area contributed by atoms with Crippen LogP contribution in [0.4, 0.5) is 19.0 Å². The fourth-order valence-corrected chi connectivity index (χ4v) is 4.47. The number of halogens is 3. The van der Waals surface area contributed by atoms with Crippen LogP contribution in [-0.2, 0) is 22.3 Å². The minimum Gasteiger partial charge on any atom is -0.467 e. The van der Waals surface area contributed by atoms with Crippen molar-refractivity contribution in [3.63, 3.8) is 0 Å². The number of benzene rings is 2. The minimum absolute atomic E-state index is 0.0484. The number of fused-ring (bicyclic) bond motifs is 1. The van der Waals surface area contributed by atoms with Crippen LogP contribution in [-0.4, -0.2) is 71.0 Å². The predicted octanol–water partition coefficient (Wildman–Crippen LogP) is 4.22. The molecule has 0 unspecified atom stereocenters. The Labute approximate surface area is 218 Å². The maximum absolute atomic E-state index is 13.4. The van der Waals surface area contributed by atoms with Crippen LogP contribution in [0.3, 0.4) is 0 Å². The third-order valence-electron chi connectivity index (χ3n) is 6.55. The molecule has 38 heavy (non-hydrogen) atoms. The molecule has 0 bridgehead atoms. The molecule has 4 rings (SSSR count). The van der Waals surface area contributed by atoms with E-state index in [1.165, 1.54) is 30.2 Å². The van der Waals surface area contributed by atoms with Crippen molar-refractivity contribution in [2.45, 2.75) is 32.6 Å². The van der Waals surface area contributed by atoms with Gasteiger partial charge in [-0.15, -0.1) is 0 Å². The zero-order chi connectivity index (χ0) is 27.4. The van der Waals surface area contributed by atoms with Gasteiger partial charge in [-0.1, -0.05) is 38.1 Å². The first kappa shape index (κ1) is 27.3. The van der Waals surface area contributed by atoms with Gasteiger partial charge in [-0.05, 0) is 30.2 Å². The Morgan fingerprint density at radius 3 is 2.32 bits per heavy atom. The molecule has 2 heterocycles. The number of amides is 1. The molecule has 8 nitrogen and oxygen atoms in total. The van der Waals surface area contributed by atoms with Crippen LogP contribution in [0, 0.1) is 5.92 Å². The normalized spacial score (nSPS) is 15.5. The number of nitrogens with one attached hydrogen (secondary N) is 1. The van der Waals surface area contributed by atoms with Crippen LogP contribution >= 0.6 is 0 Å². The van der Waals surface area contributed by atoms with Crippen LogP contribution in [0.2, 0.25) is 0 Å². The van der Waals surface area contributed by atoms with Crippen molar-refractivity contribution in [3.8, 4) is 0 Å². The summed E-state index contributed by atoms with van der Waals surface area (Å²) in [6.07, 6.45) is -4.60. The summed E-state index contributed by atoms with van der Waals surface area (Å²) in [5.74, 6) is -0.0218. The molecule has 1 saturated heterocycles. The molecule has 1 N–H and O–H groups in total. The molecular formula is C27H30F3N5O3. The van der Waals surface area contributed by atoms with Gasteiger partial charge in [0.05, 0.1) is 30.3 Å². The molecule has 3 aromatic rings. The van der Waals surface area contributed by atoms with Crippen LogP contribution in [0.15, 0.2) is 48.5 Å². The molecule has 1 aliphatic heterocycles. The van der Waals surface area contributed by atoms with Crippen LogP contribution in [0.25, 0.3) is 10.9 Å². The number of anilines is 1. The molecule has 202 valence electrons. The number of carbonyl (C=O) groups is 2. The van der Waals surface area contributed by atoms with Gasteiger partial charge >= 0.3 is 12.1 Å². The van der Waals surface area contributed by atoms with Crippen molar-refractivity contribution in [2.75, 3.05) is 38.6 Å². The first-order chi connectivity index (χ1) is 18.1. The Bertz CT molecular complexity index is 1310. The topological polar surface area (TPSA) is 87.7 Å². The van der Waals surface area contributed by atoms with Crippen LogP contribution in [0.5, 0.6) is 0 Å². The molecule has 0 saturated carbocycles. The first-order valence-electron chi connectivity index (χ1n) is 12.4. The zero-order valence-corrected chi connectivity index (χ0v) is 21.5. The number of ether oxygens (including phenoxy) is 1. The summed E-state index contributed by atoms with van der Waals surface area (Å²) in [6, 6.07) is 11.7. The number of esters is 1. The fraction of sp³-hybridized carbons (Fsp3) is 0.407. The number of para-hydroxylation sites is 1. The number of aromatic nitrogens is 2. The maximum Gasteiger partial charge on any atom is 0.417 e. The molecular weight excluding hydrogens is 499 g/mol. The lowest BCUT2D eigenvalue weighted by atomic mass is 10.0. The highest BCUT2D eigenvalue weighted by atomic mass is 19.4. The SMILES string of the molecule is COC(=O)[C@@H](Nc1nc(CN2CCN(C(=O)c3ccccc3C(F)(F)F)CC2)nc2ccccc12)C(C)C. The summed E-state index contributed by atoms with van der Waals surface area (Å²) >= 11 is 0. The van der Waals surface area contributed by atoms with Gasteiger partial charge in [0.25, 0.3) is 5.91 Å². The molecule has 1 atom stereocenters. The number of rotatable bonds is 7. The highest BCUT2D eigenvalue weighted by Crippen LogP contribution is 2.32. The first-order valence-corrected chi connectivity index (χ1v) is 12.4. The summed E-state index contributed by atoms with van der Waals surface area (Å²) in [6.45, 7) is 5.67. The molecule has 1 aromatic heterocycles. The molecule has 0 aliphatic carbocycles. The van der Waals surface area contributed by atoms with Gasteiger partial charge in [-0.3, -0.25) is 9.69 Å². The Morgan fingerprint density at radius 2 is 1.66 bits per heavy atom. The van der Waals surface area contributed by atoms with Gasteiger partial charge in [0, 0.05) is 31.6 Å². The van der Waals surface area contributed by atoms with E-state index < -0.39 is 29.7 Å². The Kier molecular flexibility index (Phi) is 8.15. The lowest BCUT2D eigenvalue weighted by Gasteiger charge is -2.34. The number of piperazine rings is 1. The van der Waals surface area contributed by atoms with E-state index in [4.69, 9.17) is 9.72 Å². The highest BCUT2D eigenvalue weighted by Gasteiger charge is 2.36. The minimum atomic E-state index is -4.60. The number of nitrogens with zero attached hydrogens (tertiary/aromatic N) is 4. The van der Waals surface area contributed by atoms with E-state index in [2.05, 4.69) is 10.3 Å². The number of hydrogen-bond donors (Lipinski definition) is 1. The molecule has 11 heteroatoms. The molecule has 0 spiro atoms. The van der Waals surface area contributed by atoms with E-state index in [0.29, 0.717) is 36.8 Å². The molecule has 0 radical (unpaired) electrons. The van der Waals surface area contributed by atoms with Gasteiger partial charge in [0.2, 0.25) is 0 Å². The number of hydrogen-bond acceptors (Lipinski definition) is 7. The second kappa shape index (κ2) is 11.3. The monoisotopic (exact) mass is 529 g/mol. The molecule has 1 aliphatic rings. The molecule has 2 aromatic carbocycles. The summed E-state index contributed by atoms with van der Waals surface area (Å²) in [7, 11) is 1.34. The summed E-state index contributed by atoms with van der Waals surface area (Å²) in [5, 5.41) is 3.99. The van der Waals surface area contributed by atoms with Crippen molar-refractivity contribution in [2.24, 2.45) is 5.92 Å². The van der Waals surface area contributed by atoms with E-state index in [0.717, 1.165) is 11.5 Å². The van der Waals surface area contributed by atoms with Gasteiger partial charge in [-0.25, -0.2) is 14.8 Å². The maximum atomic E-state index is 13.4. The smallest absolute Gasteiger partial charge is 0.417 e. The summed E-state index contributed by atoms with van der Waals surface area (Å²) in [4.78, 5) is 38.1. The average Bonchev–Trinajstić information content (AvgIpc) is 2.90. The van der Waals surface area contributed by atoms with E-state index >= 15 is 0 Å². The largest absolute Gasteiger partial charge is 0.467 e. The quantitative estimate of drug-likeness (QED) is 0.459. The van der Waals surface area contributed by atoms with Gasteiger partial charge < -0.3 is 15.0 Å². The van der Waals surface area contributed by atoms with Crippen LogP contribution < -0.4 is 5.32 Å². The molecule has 1 amide bonds. The van der Waals surface area contributed by atoms with Crippen molar-refractivity contribution in [3.05, 3.63) is 65.5 Å². The van der Waals surface area contributed by atoms with E-state index in [1.54, 1.807) is 0 Å². The Morgan fingerprint density at radius 1 is 1.00 bits per heavy atom. The third kappa shape index (κ3) is 6.04. The van der Waals surface area contributed by atoms with Crippen LogP contribution in [0.1, 0.15) is 35.6 Å². The van der Waals surface area contributed by atoms with Gasteiger partial charge in [0.1, 0.15) is 17.7 Å². The highest BCUT2D eigenvalue weighted by molar-refractivity contribution is 5.96. The lowest BCUT2D eigenvalue weighted by Crippen LogP contribution is -2.48. The number of carbonyl (C=O) groups excluding carboxylic acids is 2. The van der Waals surface area contributed by atoms with Crippen molar-refractivity contribution >= 4 is 28.6 Å². The third-order valence-corrected chi connectivity index (χ3v) is 6.55. The lowest BCUT2D eigenvalue weighted by molar-refractivity contribution is -0.142. The zero-order valence-electron chi connectivity index (χ0n) is 21.5. The standard InChI is InChI=1S/C27H30F3N5O3/c1-17(2)23(26(37)38-3)33-24-19-9-5-7-11-21(19)31-22(32-24)16-34-12-14-35(15-13-34)25(36)18-8-4-6-10-20(18)27(28,29)30/h4-11,17,23H,12-16H2,1-3H3,(H,31,32,33)/t23-/m0/s1. The predicted molar refractivity (Wildman–Crippen MR) is 136 cm³/mol. The van der Waals surface area contributed by atoms with E-state index in [-0.39, 0.29) is 24.6 Å². The summed E-state index contributed by atoms with van der Waals surface area (Å²) in [5.41, 5.74) is -0.555. The Balaban J connectivity index is 1.49. The molecule has 1 fully saturated rings. The van der Waals surface area contributed by atoms with E-state index in [1.807, 2.05) is 43.0 Å². The van der Waals surface area contributed by atoms with E-state index in [9.17, 15) is 22.8 Å². The van der Waals surface area contributed by atoms with Crippen molar-refractivity contribution < 1.29 is 27.5 Å². The summed E-state index contributed by atoms with van der Waals surface area (Å²) < 4.78 is 45.1. The fourth-order valence-electron chi connectivity index (χ4n) is 4.47. The second-order valence-electron chi connectivity index (χ2n) is 9.51. The average molecular weight is 530 g/mol. The number of alkyl halides is 3. The number of methoxy groups -OCH3 is 1.